The van der Waals surface area contributed by atoms with E-state index in [0.717, 1.165) is 15.7 Å². The van der Waals surface area contributed by atoms with Crippen molar-refractivity contribution in [2.24, 2.45) is 5.92 Å². The van der Waals surface area contributed by atoms with E-state index in [2.05, 4.69) is 27.3 Å². The molecule has 1 heterocycles. The summed E-state index contributed by atoms with van der Waals surface area (Å²) in [6.45, 7) is 5.26. The Hall–Kier alpha value is -2.14. The number of hydrogen-bond acceptors (Lipinski definition) is 2. The third kappa shape index (κ3) is 4.33. The predicted molar refractivity (Wildman–Crippen MR) is 107 cm³/mol. The predicted octanol–water partition coefficient (Wildman–Crippen LogP) is 4.56. The van der Waals surface area contributed by atoms with E-state index in [4.69, 9.17) is 0 Å². The Bertz CT molecular complexity index is 809. The number of likely N-dealkylation sites (tertiary alicyclic amines) is 1. The van der Waals surface area contributed by atoms with Gasteiger partial charge in [-0.1, -0.05) is 33.6 Å². The van der Waals surface area contributed by atoms with E-state index >= 15 is 0 Å². The quantitative estimate of drug-likeness (QED) is 0.799. The van der Waals surface area contributed by atoms with Crippen molar-refractivity contribution in [3.63, 3.8) is 0 Å². The molecule has 4 nitrogen and oxygen atoms in total. The zero-order valence-electron chi connectivity index (χ0n) is 15.1. The second-order valence-corrected chi connectivity index (χ2v) is 7.80. The van der Waals surface area contributed by atoms with E-state index < -0.39 is 0 Å². The van der Waals surface area contributed by atoms with Crippen LogP contribution in [-0.2, 0) is 4.79 Å². The standard InChI is InChI=1S/C21H23BrN2O2/c1-14-3-8-19(15(2)13-14)23-20(25)16-9-11-24(12-10-16)21(26)17-4-6-18(22)7-5-17/h3-8,13,16H,9-12H2,1-2H3,(H,23,25). The highest BCUT2D eigenvalue weighted by Gasteiger charge is 2.28. The summed E-state index contributed by atoms with van der Waals surface area (Å²) in [6.07, 6.45) is 1.39. The summed E-state index contributed by atoms with van der Waals surface area (Å²) in [5, 5.41) is 3.04. The molecule has 0 aromatic heterocycles. The summed E-state index contributed by atoms with van der Waals surface area (Å²) >= 11 is 3.38. The zero-order chi connectivity index (χ0) is 18.7. The molecule has 0 saturated carbocycles. The van der Waals surface area contributed by atoms with Gasteiger partial charge in [-0.2, -0.15) is 0 Å². The molecule has 5 heteroatoms. The average molecular weight is 415 g/mol. The maximum absolute atomic E-state index is 12.6. The zero-order valence-corrected chi connectivity index (χ0v) is 16.7. The SMILES string of the molecule is Cc1ccc(NC(=O)C2CCN(C(=O)c3ccc(Br)cc3)CC2)c(C)c1. The molecule has 1 N–H and O–H groups in total. The number of rotatable bonds is 3. The van der Waals surface area contributed by atoms with Crippen molar-refractivity contribution < 1.29 is 9.59 Å². The molecular weight excluding hydrogens is 392 g/mol. The van der Waals surface area contributed by atoms with Crippen molar-refractivity contribution in [1.29, 1.82) is 0 Å². The van der Waals surface area contributed by atoms with Gasteiger partial charge in [0, 0.05) is 34.7 Å². The van der Waals surface area contributed by atoms with Gasteiger partial charge in [0.15, 0.2) is 0 Å². The summed E-state index contributed by atoms with van der Waals surface area (Å²) < 4.78 is 0.954. The third-order valence-electron chi connectivity index (χ3n) is 4.88. The van der Waals surface area contributed by atoms with Crippen molar-refractivity contribution in [3.8, 4) is 0 Å². The second-order valence-electron chi connectivity index (χ2n) is 6.88. The molecule has 1 aliphatic heterocycles. The maximum Gasteiger partial charge on any atom is 0.253 e. The lowest BCUT2D eigenvalue weighted by Gasteiger charge is -2.31. The third-order valence-corrected chi connectivity index (χ3v) is 5.41. The number of halogens is 1. The van der Waals surface area contributed by atoms with Crippen LogP contribution in [0.1, 0.15) is 34.3 Å². The summed E-state index contributed by atoms with van der Waals surface area (Å²) in [7, 11) is 0. The van der Waals surface area contributed by atoms with Crippen LogP contribution in [0.3, 0.4) is 0 Å². The molecule has 136 valence electrons. The van der Waals surface area contributed by atoms with E-state index in [0.29, 0.717) is 31.5 Å². The van der Waals surface area contributed by atoms with Crippen LogP contribution in [-0.4, -0.2) is 29.8 Å². The van der Waals surface area contributed by atoms with Gasteiger partial charge in [-0.05, 0) is 62.6 Å². The number of hydrogen-bond donors (Lipinski definition) is 1. The van der Waals surface area contributed by atoms with Crippen LogP contribution >= 0.6 is 15.9 Å². The van der Waals surface area contributed by atoms with Gasteiger partial charge < -0.3 is 10.2 Å². The van der Waals surface area contributed by atoms with Gasteiger partial charge >= 0.3 is 0 Å². The highest BCUT2D eigenvalue weighted by Crippen LogP contribution is 2.23. The topological polar surface area (TPSA) is 49.4 Å². The first kappa shape index (κ1) is 18.6. The van der Waals surface area contributed by atoms with Gasteiger partial charge in [0.2, 0.25) is 5.91 Å². The highest BCUT2D eigenvalue weighted by molar-refractivity contribution is 9.10. The van der Waals surface area contributed by atoms with Crippen LogP contribution in [0.4, 0.5) is 5.69 Å². The molecule has 0 spiro atoms. The summed E-state index contributed by atoms with van der Waals surface area (Å²) in [5.74, 6) is 0.0306. The van der Waals surface area contributed by atoms with Gasteiger partial charge in [-0.15, -0.1) is 0 Å². The Balaban J connectivity index is 1.56. The van der Waals surface area contributed by atoms with E-state index in [1.807, 2.05) is 55.1 Å². The number of nitrogens with one attached hydrogen (secondary N) is 1. The van der Waals surface area contributed by atoms with Crippen molar-refractivity contribution in [3.05, 3.63) is 63.6 Å². The molecule has 26 heavy (non-hydrogen) atoms. The van der Waals surface area contributed by atoms with Crippen LogP contribution in [0, 0.1) is 19.8 Å². The van der Waals surface area contributed by atoms with Crippen LogP contribution < -0.4 is 5.32 Å². The molecule has 1 aliphatic rings. The Morgan fingerprint density at radius 1 is 1.04 bits per heavy atom. The number of piperidine rings is 1. The number of carbonyl (C=O) groups excluding carboxylic acids is 2. The van der Waals surface area contributed by atoms with Gasteiger partial charge in [0.1, 0.15) is 0 Å². The first-order chi connectivity index (χ1) is 12.4. The lowest BCUT2D eigenvalue weighted by atomic mass is 9.95. The van der Waals surface area contributed by atoms with Crippen molar-refractivity contribution in [2.45, 2.75) is 26.7 Å². The first-order valence-corrected chi connectivity index (χ1v) is 9.66. The Labute approximate surface area is 162 Å². The normalized spacial score (nSPS) is 15.0. The first-order valence-electron chi connectivity index (χ1n) is 8.87. The lowest BCUT2D eigenvalue weighted by Crippen LogP contribution is -2.41. The fraction of sp³-hybridized carbons (Fsp3) is 0.333. The van der Waals surface area contributed by atoms with E-state index in [9.17, 15) is 9.59 Å². The van der Waals surface area contributed by atoms with Crippen molar-refractivity contribution in [2.75, 3.05) is 18.4 Å². The molecule has 0 atom stereocenters. The lowest BCUT2D eigenvalue weighted by molar-refractivity contribution is -0.121. The molecule has 0 aliphatic carbocycles. The molecule has 2 amide bonds. The molecule has 0 radical (unpaired) electrons. The maximum atomic E-state index is 12.6. The van der Waals surface area contributed by atoms with Crippen LogP contribution in [0.25, 0.3) is 0 Å². The molecular formula is C21H23BrN2O2. The number of carbonyl (C=O) groups is 2. The molecule has 1 saturated heterocycles. The Morgan fingerprint density at radius 3 is 2.31 bits per heavy atom. The molecule has 0 bridgehead atoms. The van der Waals surface area contributed by atoms with Gasteiger partial charge in [0.25, 0.3) is 5.91 Å². The van der Waals surface area contributed by atoms with E-state index in [1.54, 1.807) is 0 Å². The van der Waals surface area contributed by atoms with Gasteiger partial charge in [-0.3, -0.25) is 9.59 Å². The summed E-state index contributed by atoms with van der Waals surface area (Å²) in [5.41, 5.74) is 3.81. The largest absolute Gasteiger partial charge is 0.339 e. The minimum Gasteiger partial charge on any atom is -0.339 e. The number of anilines is 1. The molecule has 1 fully saturated rings. The molecule has 3 rings (SSSR count). The minimum absolute atomic E-state index is 0.0331. The van der Waals surface area contributed by atoms with E-state index in [1.165, 1.54) is 5.56 Å². The fourth-order valence-corrected chi connectivity index (χ4v) is 3.57. The van der Waals surface area contributed by atoms with Crippen molar-refractivity contribution in [1.82, 2.24) is 4.90 Å². The van der Waals surface area contributed by atoms with Gasteiger partial charge in [-0.25, -0.2) is 0 Å². The molecule has 2 aromatic carbocycles. The van der Waals surface area contributed by atoms with Gasteiger partial charge in [0.05, 0.1) is 0 Å². The Kier molecular flexibility index (Phi) is 5.77. The fourth-order valence-electron chi connectivity index (χ4n) is 3.31. The van der Waals surface area contributed by atoms with Crippen molar-refractivity contribution >= 4 is 33.4 Å². The molecule has 0 unspecified atom stereocenters. The number of amides is 2. The average Bonchev–Trinajstić information content (AvgIpc) is 2.64. The smallest absolute Gasteiger partial charge is 0.253 e. The van der Waals surface area contributed by atoms with Crippen LogP contribution in [0.2, 0.25) is 0 Å². The highest BCUT2D eigenvalue weighted by atomic mass is 79.9. The minimum atomic E-state index is -0.0512. The Morgan fingerprint density at radius 2 is 1.69 bits per heavy atom. The second kappa shape index (κ2) is 8.04. The summed E-state index contributed by atoms with van der Waals surface area (Å²) in [6, 6.07) is 13.4. The summed E-state index contributed by atoms with van der Waals surface area (Å²) in [4.78, 5) is 27.0. The number of nitrogens with zero attached hydrogens (tertiary/aromatic N) is 1. The number of aryl methyl sites for hydroxylation is 2. The van der Waals surface area contributed by atoms with E-state index in [-0.39, 0.29) is 17.7 Å². The molecule has 2 aromatic rings. The monoisotopic (exact) mass is 414 g/mol. The van der Waals surface area contributed by atoms with Crippen LogP contribution in [0.15, 0.2) is 46.9 Å². The number of benzene rings is 2. The van der Waals surface area contributed by atoms with Crippen LogP contribution in [0.5, 0.6) is 0 Å².